The first-order valence-corrected chi connectivity index (χ1v) is 8.51. The summed E-state index contributed by atoms with van der Waals surface area (Å²) in [6.45, 7) is 1.79. The number of hydrogen-bond acceptors (Lipinski definition) is 5. The van der Waals surface area contributed by atoms with Gasteiger partial charge < -0.3 is 4.18 Å². The number of aryl methyl sites for hydroxylation is 1. The van der Waals surface area contributed by atoms with E-state index in [1.807, 2.05) is 35.5 Å². The number of hydrogen-bond donors (Lipinski definition) is 0. The molecule has 0 spiro atoms. The van der Waals surface area contributed by atoms with Crippen molar-refractivity contribution < 1.29 is 4.18 Å². The number of unbranched alkanes of at least 4 members (excludes halogenated alkanes) is 4. The summed E-state index contributed by atoms with van der Waals surface area (Å²) in [6.07, 6.45) is 13.5. The number of aromatic nitrogens is 4. The Balaban J connectivity index is 1.63. The highest BCUT2D eigenvalue weighted by Crippen LogP contribution is 2.14. The molecule has 2 heterocycles. The summed E-state index contributed by atoms with van der Waals surface area (Å²) in [4.78, 5) is 4.10. The standard InChI is InChI=1S/C15H22N4OS/c1-21-20-11-6-4-2-3-5-10-19-13-15(17-18-19)14-8-7-9-16-12-14/h7-9,12-13H,2-6,10-11H2,1H3. The van der Waals surface area contributed by atoms with Crippen LogP contribution in [0.15, 0.2) is 30.7 Å². The lowest BCUT2D eigenvalue weighted by molar-refractivity contribution is 0.355. The molecule has 5 nitrogen and oxygen atoms in total. The van der Waals surface area contributed by atoms with Gasteiger partial charge in [0.2, 0.25) is 0 Å². The second-order valence-electron chi connectivity index (χ2n) is 4.86. The lowest BCUT2D eigenvalue weighted by atomic mass is 10.1. The van der Waals surface area contributed by atoms with Crippen LogP contribution in [0.3, 0.4) is 0 Å². The van der Waals surface area contributed by atoms with E-state index >= 15 is 0 Å². The SMILES string of the molecule is CSOCCCCCCCn1cc(-c2cccnc2)nn1. The second kappa shape index (κ2) is 9.52. The largest absolute Gasteiger partial charge is 0.316 e. The van der Waals surface area contributed by atoms with Gasteiger partial charge in [0.25, 0.3) is 0 Å². The zero-order chi connectivity index (χ0) is 14.8. The zero-order valence-corrected chi connectivity index (χ0v) is 13.3. The first kappa shape index (κ1) is 16.0. The molecule has 0 amide bonds. The van der Waals surface area contributed by atoms with Gasteiger partial charge in [0, 0.05) is 30.8 Å². The Bertz CT molecular complexity index is 503. The van der Waals surface area contributed by atoms with Crippen molar-refractivity contribution in [1.82, 2.24) is 20.0 Å². The highest BCUT2D eigenvalue weighted by molar-refractivity contribution is 7.93. The number of rotatable bonds is 10. The van der Waals surface area contributed by atoms with Gasteiger partial charge in [-0.1, -0.05) is 24.5 Å². The number of nitrogens with zero attached hydrogens (tertiary/aromatic N) is 4. The molecular weight excluding hydrogens is 284 g/mol. The summed E-state index contributed by atoms with van der Waals surface area (Å²) < 4.78 is 7.16. The fourth-order valence-electron chi connectivity index (χ4n) is 2.10. The Kier molecular flexibility index (Phi) is 7.24. The molecule has 2 aromatic heterocycles. The lowest BCUT2D eigenvalue weighted by Crippen LogP contribution is -1.98. The number of pyridine rings is 1. The molecule has 2 aromatic rings. The van der Waals surface area contributed by atoms with Crippen LogP contribution in [0.2, 0.25) is 0 Å². The second-order valence-corrected chi connectivity index (χ2v) is 5.43. The first-order valence-electron chi connectivity index (χ1n) is 7.36. The molecule has 0 saturated heterocycles. The van der Waals surface area contributed by atoms with Crippen LogP contribution in [0.4, 0.5) is 0 Å². The van der Waals surface area contributed by atoms with Crippen molar-refractivity contribution in [3.05, 3.63) is 30.7 Å². The van der Waals surface area contributed by atoms with Crippen LogP contribution in [0.5, 0.6) is 0 Å². The van der Waals surface area contributed by atoms with Crippen molar-refractivity contribution in [3.63, 3.8) is 0 Å². The fourth-order valence-corrected chi connectivity index (χ4v) is 2.39. The van der Waals surface area contributed by atoms with Crippen LogP contribution in [0, 0.1) is 0 Å². The topological polar surface area (TPSA) is 52.8 Å². The Labute approximate surface area is 130 Å². The van der Waals surface area contributed by atoms with E-state index in [0.717, 1.165) is 37.3 Å². The predicted octanol–water partition coefficient (Wildman–Crippen LogP) is 3.59. The summed E-state index contributed by atoms with van der Waals surface area (Å²) >= 11 is 1.44. The molecule has 0 aliphatic carbocycles. The molecule has 21 heavy (non-hydrogen) atoms. The van der Waals surface area contributed by atoms with E-state index in [-0.39, 0.29) is 0 Å². The molecule has 0 aliphatic heterocycles. The molecular formula is C15H22N4OS. The normalized spacial score (nSPS) is 10.9. The maximum atomic E-state index is 5.24. The van der Waals surface area contributed by atoms with Gasteiger partial charge in [-0.2, -0.15) is 0 Å². The Morgan fingerprint density at radius 1 is 1.19 bits per heavy atom. The highest BCUT2D eigenvalue weighted by Gasteiger charge is 2.03. The van der Waals surface area contributed by atoms with Crippen molar-refractivity contribution in [1.29, 1.82) is 0 Å². The average molecular weight is 306 g/mol. The minimum Gasteiger partial charge on any atom is -0.316 e. The molecule has 0 N–H and O–H groups in total. The Morgan fingerprint density at radius 3 is 2.86 bits per heavy atom. The summed E-state index contributed by atoms with van der Waals surface area (Å²) in [6, 6.07) is 3.91. The quantitative estimate of drug-likeness (QED) is 0.496. The van der Waals surface area contributed by atoms with Gasteiger partial charge in [0.15, 0.2) is 0 Å². The minimum absolute atomic E-state index is 0.860. The van der Waals surface area contributed by atoms with Crippen LogP contribution in [0.1, 0.15) is 32.1 Å². The minimum atomic E-state index is 0.860. The molecule has 6 heteroatoms. The van der Waals surface area contributed by atoms with E-state index in [0.29, 0.717) is 0 Å². The summed E-state index contributed by atoms with van der Waals surface area (Å²) in [7, 11) is 0. The van der Waals surface area contributed by atoms with Crippen LogP contribution in [-0.4, -0.2) is 32.8 Å². The molecule has 0 bridgehead atoms. The summed E-state index contributed by atoms with van der Waals surface area (Å²) in [5.41, 5.74) is 1.90. The van der Waals surface area contributed by atoms with Crippen LogP contribution >= 0.6 is 12.0 Å². The van der Waals surface area contributed by atoms with Gasteiger partial charge >= 0.3 is 0 Å². The molecule has 0 unspecified atom stereocenters. The summed E-state index contributed by atoms with van der Waals surface area (Å²) in [5.74, 6) is 0. The average Bonchev–Trinajstić information content (AvgIpc) is 3.00. The third-order valence-corrected chi connectivity index (χ3v) is 3.63. The van der Waals surface area contributed by atoms with Crippen molar-refractivity contribution in [3.8, 4) is 11.3 Å². The molecule has 0 atom stereocenters. The first-order chi connectivity index (χ1) is 10.4. The zero-order valence-electron chi connectivity index (χ0n) is 12.4. The highest BCUT2D eigenvalue weighted by atomic mass is 32.2. The maximum absolute atomic E-state index is 5.24. The fraction of sp³-hybridized carbons (Fsp3) is 0.533. The Morgan fingerprint density at radius 2 is 2.05 bits per heavy atom. The smallest absolute Gasteiger partial charge is 0.114 e. The lowest BCUT2D eigenvalue weighted by Gasteiger charge is -2.02. The van der Waals surface area contributed by atoms with E-state index < -0.39 is 0 Å². The molecule has 2 rings (SSSR count). The monoisotopic (exact) mass is 306 g/mol. The van der Waals surface area contributed by atoms with E-state index in [2.05, 4.69) is 15.3 Å². The third-order valence-electron chi connectivity index (χ3n) is 3.23. The van der Waals surface area contributed by atoms with Crippen LogP contribution < -0.4 is 0 Å². The van der Waals surface area contributed by atoms with Crippen molar-refractivity contribution >= 4 is 12.0 Å². The van der Waals surface area contributed by atoms with Gasteiger partial charge in [0.1, 0.15) is 5.69 Å². The van der Waals surface area contributed by atoms with Crippen molar-refractivity contribution in [2.45, 2.75) is 38.6 Å². The van der Waals surface area contributed by atoms with E-state index in [1.165, 1.54) is 31.3 Å². The molecule has 0 radical (unpaired) electrons. The molecule has 114 valence electrons. The Hall–Kier alpha value is -1.40. The van der Waals surface area contributed by atoms with E-state index in [4.69, 9.17) is 4.18 Å². The van der Waals surface area contributed by atoms with Gasteiger partial charge in [-0.05, 0) is 37.0 Å². The van der Waals surface area contributed by atoms with E-state index in [9.17, 15) is 0 Å². The molecule has 0 fully saturated rings. The maximum Gasteiger partial charge on any atom is 0.114 e. The molecule has 0 aliphatic rings. The molecule has 0 saturated carbocycles. The van der Waals surface area contributed by atoms with Crippen LogP contribution in [-0.2, 0) is 10.7 Å². The van der Waals surface area contributed by atoms with E-state index in [1.54, 1.807) is 6.20 Å². The van der Waals surface area contributed by atoms with Crippen molar-refractivity contribution in [2.75, 3.05) is 12.9 Å². The third kappa shape index (κ3) is 5.85. The van der Waals surface area contributed by atoms with Crippen LogP contribution in [0.25, 0.3) is 11.3 Å². The van der Waals surface area contributed by atoms with Crippen molar-refractivity contribution in [2.24, 2.45) is 0 Å². The van der Waals surface area contributed by atoms with Gasteiger partial charge in [-0.3, -0.25) is 9.67 Å². The summed E-state index contributed by atoms with van der Waals surface area (Å²) in [5, 5.41) is 8.36. The van der Waals surface area contributed by atoms with Gasteiger partial charge in [-0.15, -0.1) is 5.10 Å². The molecule has 0 aromatic carbocycles. The predicted molar refractivity (Wildman–Crippen MR) is 85.8 cm³/mol. The van der Waals surface area contributed by atoms with Gasteiger partial charge in [0.05, 0.1) is 12.8 Å². The van der Waals surface area contributed by atoms with Gasteiger partial charge in [-0.25, -0.2) is 0 Å².